The van der Waals surface area contributed by atoms with Crippen LogP contribution in [0.25, 0.3) is 5.69 Å². The van der Waals surface area contributed by atoms with E-state index in [1.54, 1.807) is 16.7 Å². The Hall–Kier alpha value is -3.06. The molecule has 0 aliphatic carbocycles. The Kier molecular flexibility index (Phi) is 4.83. The number of nitrogens with one attached hydrogen (secondary N) is 1. The highest BCUT2D eigenvalue weighted by atomic mass is 32.2. The fourth-order valence-corrected chi connectivity index (χ4v) is 5.01. The van der Waals surface area contributed by atoms with Gasteiger partial charge in [-0.25, -0.2) is 4.68 Å². The average molecular weight is 419 g/mol. The highest BCUT2D eigenvalue weighted by molar-refractivity contribution is 7.98. The SMILES string of the molecule is Cc1ccc(N2CC(C(=O)Nc3c4c(nn3-c3ccccc3)CSC4)CC2=O)cc1. The van der Waals surface area contributed by atoms with Gasteiger partial charge in [0.1, 0.15) is 5.82 Å². The molecule has 1 atom stereocenters. The van der Waals surface area contributed by atoms with Gasteiger partial charge in [-0.3, -0.25) is 9.59 Å². The van der Waals surface area contributed by atoms with Crippen LogP contribution in [-0.4, -0.2) is 28.1 Å². The predicted octanol–water partition coefficient (Wildman–Crippen LogP) is 3.92. The number of rotatable bonds is 4. The first kappa shape index (κ1) is 18.9. The lowest BCUT2D eigenvalue weighted by atomic mass is 10.1. The third-order valence-electron chi connectivity index (χ3n) is 5.64. The summed E-state index contributed by atoms with van der Waals surface area (Å²) in [7, 11) is 0. The fourth-order valence-electron chi connectivity index (χ4n) is 3.97. The van der Waals surface area contributed by atoms with Gasteiger partial charge in [0.05, 0.1) is 17.3 Å². The molecule has 1 unspecified atom stereocenters. The van der Waals surface area contributed by atoms with Gasteiger partial charge in [-0.15, -0.1) is 0 Å². The smallest absolute Gasteiger partial charge is 0.230 e. The quantitative estimate of drug-likeness (QED) is 0.697. The first-order chi connectivity index (χ1) is 14.6. The van der Waals surface area contributed by atoms with Crippen LogP contribution in [0, 0.1) is 12.8 Å². The summed E-state index contributed by atoms with van der Waals surface area (Å²) in [6, 6.07) is 17.6. The summed E-state index contributed by atoms with van der Waals surface area (Å²) in [5.41, 5.74) is 4.99. The molecular formula is C23H22N4O2S. The molecule has 2 aromatic carbocycles. The number of carbonyl (C=O) groups is 2. The predicted molar refractivity (Wildman–Crippen MR) is 119 cm³/mol. The molecule has 5 rings (SSSR count). The average Bonchev–Trinajstić information content (AvgIpc) is 3.45. The van der Waals surface area contributed by atoms with Crippen molar-refractivity contribution in [2.75, 3.05) is 16.8 Å². The molecule has 3 heterocycles. The van der Waals surface area contributed by atoms with Crippen molar-refractivity contribution in [3.05, 3.63) is 71.4 Å². The van der Waals surface area contributed by atoms with Crippen LogP contribution in [0.5, 0.6) is 0 Å². The molecule has 6 nitrogen and oxygen atoms in total. The van der Waals surface area contributed by atoms with Crippen molar-refractivity contribution in [1.29, 1.82) is 0 Å². The second-order valence-electron chi connectivity index (χ2n) is 7.74. The van der Waals surface area contributed by atoms with Gasteiger partial charge in [0.2, 0.25) is 11.8 Å². The molecule has 7 heteroatoms. The second kappa shape index (κ2) is 7.65. The van der Waals surface area contributed by atoms with Gasteiger partial charge < -0.3 is 10.2 Å². The Morgan fingerprint density at radius 3 is 2.60 bits per heavy atom. The fraction of sp³-hybridized carbons (Fsp3) is 0.261. The zero-order valence-electron chi connectivity index (χ0n) is 16.7. The monoisotopic (exact) mass is 418 g/mol. The van der Waals surface area contributed by atoms with Crippen LogP contribution in [0.15, 0.2) is 54.6 Å². The molecule has 0 bridgehead atoms. The highest BCUT2D eigenvalue weighted by Crippen LogP contribution is 2.36. The maximum Gasteiger partial charge on any atom is 0.230 e. The van der Waals surface area contributed by atoms with E-state index in [1.807, 2.05) is 66.2 Å². The van der Waals surface area contributed by atoms with E-state index in [0.717, 1.165) is 45.5 Å². The third kappa shape index (κ3) is 3.39. The Balaban J connectivity index is 1.39. The molecule has 0 spiro atoms. The first-order valence-corrected chi connectivity index (χ1v) is 11.2. The first-order valence-electron chi connectivity index (χ1n) is 10.0. The van der Waals surface area contributed by atoms with Crippen LogP contribution >= 0.6 is 11.8 Å². The number of hydrogen-bond donors (Lipinski definition) is 1. The molecule has 1 aromatic heterocycles. The molecule has 2 aliphatic rings. The molecule has 0 saturated carbocycles. The number of fused-ring (bicyclic) bond motifs is 1. The normalized spacial score (nSPS) is 18.0. The zero-order chi connectivity index (χ0) is 20.7. The molecule has 2 amide bonds. The number of thioether (sulfide) groups is 1. The van der Waals surface area contributed by atoms with E-state index in [0.29, 0.717) is 6.54 Å². The van der Waals surface area contributed by atoms with Crippen LogP contribution in [0.2, 0.25) is 0 Å². The van der Waals surface area contributed by atoms with Crippen LogP contribution in [0.4, 0.5) is 11.5 Å². The number of aryl methyl sites for hydroxylation is 1. The number of nitrogens with zero attached hydrogens (tertiary/aromatic N) is 3. The Morgan fingerprint density at radius 2 is 1.83 bits per heavy atom. The maximum absolute atomic E-state index is 13.1. The lowest BCUT2D eigenvalue weighted by molar-refractivity contribution is -0.122. The van der Waals surface area contributed by atoms with Crippen molar-refractivity contribution < 1.29 is 9.59 Å². The van der Waals surface area contributed by atoms with Gasteiger partial charge in [0.25, 0.3) is 0 Å². The Morgan fingerprint density at radius 1 is 1.07 bits per heavy atom. The van der Waals surface area contributed by atoms with E-state index < -0.39 is 0 Å². The molecular weight excluding hydrogens is 396 g/mol. The molecule has 3 aromatic rings. The van der Waals surface area contributed by atoms with Crippen LogP contribution in [-0.2, 0) is 21.1 Å². The van der Waals surface area contributed by atoms with E-state index >= 15 is 0 Å². The van der Waals surface area contributed by atoms with Gasteiger partial charge in [-0.1, -0.05) is 35.9 Å². The maximum atomic E-state index is 13.1. The highest BCUT2D eigenvalue weighted by Gasteiger charge is 2.36. The van der Waals surface area contributed by atoms with Crippen molar-refractivity contribution in [2.45, 2.75) is 24.9 Å². The number of anilines is 2. The topological polar surface area (TPSA) is 67.2 Å². The molecule has 1 N–H and O–H groups in total. The van der Waals surface area contributed by atoms with E-state index in [4.69, 9.17) is 5.10 Å². The van der Waals surface area contributed by atoms with Crippen molar-refractivity contribution >= 4 is 35.1 Å². The minimum Gasteiger partial charge on any atom is -0.312 e. The molecule has 152 valence electrons. The summed E-state index contributed by atoms with van der Waals surface area (Å²) in [4.78, 5) is 27.4. The van der Waals surface area contributed by atoms with Gasteiger partial charge in [-0.05, 0) is 31.2 Å². The number of carbonyl (C=O) groups excluding carboxylic acids is 2. The summed E-state index contributed by atoms with van der Waals surface area (Å²) in [5.74, 6) is 1.87. The van der Waals surface area contributed by atoms with Crippen LogP contribution < -0.4 is 10.2 Å². The lowest BCUT2D eigenvalue weighted by Gasteiger charge is -2.17. The second-order valence-corrected chi connectivity index (χ2v) is 8.73. The summed E-state index contributed by atoms with van der Waals surface area (Å²) in [5, 5.41) is 7.83. The molecule has 2 aliphatic heterocycles. The van der Waals surface area contributed by atoms with Crippen molar-refractivity contribution in [3.8, 4) is 5.69 Å². The van der Waals surface area contributed by atoms with Gasteiger partial charge in [-0.2, -0.15) is 16.9 Å². The van der Waals surface area contributed by atoms with Crippen molar-refractivity contribution in [2.24, 2.45) is 5.92 Å². The van der Waals surface area contributed by atoms with Gasteiger partial charge >= 0.3 is 0 Å². The van der Waals surface area contributed by atoms with Crippen molar-refractivity contribution in [3.63, 3.8) is 0 Å². The summed E-state index contributed by atoms with van der Waals surface area (Å²) >= 11 is 1.80. The Labute approximate surface area is 179 Å². The minimum atomic E-state index is -0.386. The summed E-state index contributed by atoms with van der Waals surface area (Å²) in [6.45, 7) is 2.41. The van der Waals surface area contributed by atoms with E-state index in [2.05, 4.69) is 5.32 Å². The number of benzene rings is 2. The molecule has 1 saturated heterocycles. The zero-order valence-corrected chi connectivity index (χ0v) is 17.5. The number of amides is 2. The largest absolute Gasteiger partial charge is 0.312 e. The number of aromatic nitrogens is 2. The number of para-hydroxylation sites is 1. The van der Waals surface area contributed by atoms with E-state index in [9.17, 15) is 9.59 Å². The Bertz CT molecular complexity index is 1110. The van der Waals surface area contributed by atoms with Gasteiger partial charge in [0.15, 0.2) is 0 Å². The molecule has 0 radical (unpaired) electrons. The minimum absolute atomic E-state index is 0.0173. The van der Waals surface area contributed by atoms with E-state index in [-0.39, 0.29) is 24.2 Å². The van der Waals surface area contributed by atoms with Crippen LogP contribution in [0.1, 0.15) is 23.2 Å². The summed E-state index contributed by atoms with van der Waals surface area (Å²) in [6.07, 6.45) is 0.218. The summed E-state index contributed by atoms with van der Waals surface area (Å²) < 4.78 is 1.82. The van der Waals surface area contributed by atoms with Crippen molar-refractivity contribution in [1.82, 2.24) is 9.78 Å². The standard InChI is InChI=1S/C23H22N4O2S/c1-15-7-9-17(10-8-15)26-12-16(11-21(26)28)23(29)24-22-19-13-30-14-20(19)25-27(22)18-5-3-2-4-6-18/h2-10,16H,11-14H2,1H3,(H,24,29). The van der Waals surface area contributed by atoms with Gasteiger partial charge in [0, 0.05) is 35.7 Å². The van der Waals surface area contributed by atoms with E-state index in [1.165, 1.54) is 0 Å². The molecule has 30 heavy (non-hydrogen) atoms. The lowest BCUT2D eigenvalue weighted by Crippen LogP contribution is -2.28. The van der Waals surface area contributed by atoms with Crippen LogP contribution in [0.3, 0.4) is 0 Å². The number of hydrogen-bond acceptors (Lipinski definition) is 4. The third-order valence-corrected chi connectivity index (χ3v) is 6.61. The molecule has 1 fully saturated rings.